The van der Waals surface area contributed by atoms with Crippen LogP contribution in [-0.4, -0.2) is 39.8 Å². The topological polar surface area (TPSA) is 75.2 Å². The van der Waals surface area contributed by atoms with Gasteiger partial charge in [0, 0.05) is 24.3 Å². The van der Waals surface area contributed by atoms with E-state index in [0.717, 1.165) is 43.9 Å². The number of carbonyl (C=O) groups is 2. The van der Waals surface area contributed by atoms with E-state index in [1.165, 1.54) is 29.0 Å². The molecule has 2 aliphatic rings. The number of unbranched alkanes of at least 4 members (excludes halogenated alkanes) is 1. The Kier molecular flexibility index (Phi) is 4.88. The Labute approximate surface area is 159 Å². The minimum atomic E-state index is -0.177. The number of nitrogens with one attached hydrogen (secondary N) is 1. The molecule has 6 heteroatoms. The van der Waals surface area contributed by atoms with E-state index >= 15 is 0 Å². The second-order valence-electron chi connectivity index (χ2n) is 7.19. The zero-order valence-electron chi connectivity index (χ0n) is 15.6. The number of hydrogen-bond acceptors (Lipinski definition) is 5. The second-order valence-corrected chi connectivity index (χ2v) is 7.19. The van der Waals surface area contributed by atoms with Crippen molar-refractivity contribution in [2.45, 2.75) is 45.4 Å². The molecule has 4 rings (SSSR count). The SMILES string of the molecule is Cc1nc2c(c(NCCCCN3C(=O)c4ccccc4C3=O)n1)CCCC2. The predicted octanol–water partition coefficient (Wildman–Crippen LogP) is 3.15. The van der Waals surface area contributed by atoms with Crippen LogP contribution >= 0.6 is 0 Å². The van der Waals surface area contributed by atoms with E-state index in [4.69, 9.17) is 0 Å². The molecule has 1 aromatic heterocycles. The minimum Gasteiger partial charge on any atom is -0.370 e. The van der Waals surface area contributed by atoms with Crippen molar-refractivity contribution >= 4 is 17.6 Å². The lowest BCUT2D eigenvalue weighted by Gasteiger charge is -2.19. The lowest BCUT2D eigenvalue weighted by Crippen LogP contribution is -2.31. The van der Waals surface area contributed by atoms with E-state index < -0.39 is 0 Å². The third-order valence-corrected chi connectivity index (χ3v) is 5.27. The number of benzene rings is 1. The van der Waals surface area contributed by atoms with Crippen LogP contribution in [0.4, 0.5) is 5.82 Å². The predicted molar refractivity (Wildman–Crippen MR) is 103 cm³/mol. The molecule has 2 heterocycles. The molecule has 0 spiro atoms. The number of aromatic nitrogens is 2. The fourth-order valence-electron chi connectivity index (χ4n) is 3.91. The quantitative estimate of drug-likeness (QED) is 0.629. The lowest BCUT2D eigenvalue weighted by atomic mass is 9.96. The van der Waals surface area contributed by atoms with Gasteiger partial charge < -0.3 is 5.32 Å². The van der Waals surface area contributed by atoms with Gasteiger partial charge >= 0.3 is 0 Å². The summed E-state index contributed by atoms with van der Waals surface area (Å²) in [6, 6.07) is 7.03. The number of anilines is 1. The fraction of sp³-hybridized carbons (Fsp3) is 0.429. The molecule has 1 aromatic carbocycles. The Hall–Kier alpha value is -2.76. The molecular weight excluding hydrogens is 340 g/mol. The second kappa shape index (κ2) is 7.47. The number of fused-ring (bicyclic) bond motifs is 2. The smallest absolute Gasteiger partial charge is 0.261 e. The summed E-state index contributed by atoms with van der Waals surface area (Å²) in [7, 11) is 0. The molecule has 2 amide bonds. The molecule has 1 aliphatic heterocycles. The first-order chi connectivity index (χ1) is 13.1. The van der Waals surface area contributed by atoms with Gasteiger partial charge in [-0.15, -0.1) is 0 Å². The minimum absolute atomic E-state index is 0.177. The first-order valence-electron chi connectivity index (χ1n) is 9.70. The van der Waals surface area contributed by atoms with E-state index in [-0.39, 0.29) is 11.8 Å². The van der Waals surface area contributed by atoms with Gasteiger partial charge in [-0.05, 0) is 57.6 Å². The monoisotopic (exact) mass is 364 g/mol. The van der Waals surface area contributed by atoms with Crippen LogP contribution in [0.25, 0.3) is 0 Å². The van der Waals surface area contributed by atoms with Gasteiger partial charge in [0.25, 0.3) is 11.8 Å². The highest BCUT2D eigenvalue weighted by atomic mass is 16.2. The van der Waals surface area contributed by atoms with E-state index in [9.17, 15) is 9.59 Å². The highest BCUT2D eigenvalue weighted by molar-refractivity contribution is 6.21. The Balaban J connectivity index is 1.30. The summed E-state index contributed by atoms with van der Waals surface area (Å²) in [6.07, 6.45) is 6.09. The van der Waals surface area contributed by atoms with Crippen molar-refractivity contribution < 1.29 is 9.59 Å². The number of imide groups is 1. The molecule has 2 aromatic rings. The van der Waals surface area contributed by atoms with Crippen LogP contribution in [0.1, 0.15) is 63.5 Å². The molecule has 6 nitrogen and oxygen atoms in total. The highest BCUT2D eigenvalue weighted by Crippen LogP contribution is 2.26. The largest absolute Gasteiger partial charge is 0.370 e. The molecule has 27 heavy (non-hydrogen) atoms. The highest BCUT2D eigenvalue weighted by Gasteiger charge is 2.34. The number of nitrogens with zero attached hydrogens (tertiary/aromatic N) is 3. The Morgan fingerprint density at radius 3 is 2.44 bits per heavy atom. The molecule has 0 radical (unpaired) electrons. The number of amides is 2. The molecule has 0 atom stereocenters. The van der Waals surface area contributed by atoms with E-state index in [2.05, 4.69) is 15.3 Å². The fourth-order valence-corrected chi connectivity index (χ4v) is 3.91. The molecule has 0 saturated carbocycles. The van der Waals surface area contributed by atoms with Gasteiger partial charge in [0.15, 0.2) is 0 Å². The van der Waals surface area contributed by atoms with Gasteiger partial charge in [0.2, 0.25) is 0 Å². The van der Waals surface area contributed by atoms with Crippen molar-refractivity contribution in [1.29, 1.82) is 0 Å². The van der Waals surface area contributed by atoms with Crippen LogP contribution in [0, 0.1) is 6.92 Å². The summed E-state index contributed by atoms with van der Waals surface area (Å²) in [5, 5.41) is 3.44. The Bertz CT molecular complexity index is 859. The zero-order chi connectivity index (χ0) is 18.8. The average molecular weight is 364 g/mol. The molecule has 140 valence electrons. The zero-order valence-corrected chi connectivity index (χ0v) is 15.6. The van der Waals surface area contributed by atoms with E-state index in [1.54, 1.807) is 24.3 Å². The van der Waals surface area contributed by atoms with Crippen LogP contribution in [-0.2, 0) is 12.8 Å². The number of carbonyl (C=O) groups excluding carboxylic acids is 2. The standard InChI is InChI=1S/C21H24N4O2/c1-14-23-18-11-5-4-10-17(18)19(24-14)22-12-6-7-13-25-20(26)15-8-2-3-9-16(15)21(25)27/h2-3,8-9H,4-7,10-13H2,1H3,(H,22,23,24). The third kappa shape index (κ3) is 3.44. The van der Waals surface area contributed by atoms with Gasteiger partial charge in [0.05, 0.1) is 11.1 Å². The molecular formula is C21H24N4O2. The van der Waals surface area contributed by atoms with Gasteiger partial charge in [0.1, 0.15) is 11.6 Å². The van der Waals surface area contributed by atoms with E-state index in [1.807, 2.05) is 6.92 Å². The average Bonchev–Trinajstić information content (AvgIpc) is 2.92. The van der Waals surface area contributed by atoms with Crippen molar-refractivity contribution in [2.75, 3.05) is 18.4 Å². The molecule has 0 saturated heterocycles. The third-order valence-electron chi connectivity index (χ3n) is 5.27. The first kappa shape index (κ1) is 17.6. The van der Waals surface area contributed by atoms with Gasteiger partial charge in [-0.1, -0.05) is 12.1 Å². The number of hydrogen-bond donors (Lipinski definition) is 1. The van der Waals surface area contributed by atoms with Crippen LogP contribution in [0.15, 0.2) is 24.3 Å². The molecule has 0 bridgehead atoms. The summed E-state index contributed by atoms with van der Waals surface area (Å²) in [6.45, 7) is 3.16. The van der Waals surface area contributed by atoms with Crippen molar-refractivity contribution in [3.63, 3.8) is 0 Å². The number of aryl methyl sites for hydroxylation is 2. The van der Waals surface area contributed by atoms with Crippen molar-refractivity contribution in [2.24, 2.45) is 0 Å². The van der Waals surface area contributed by atoms with Crippen molar-refractivity contribution in [3.05, 3.63) is 52.5 Å². The molecule has 0 fully saturated rings. The summed E-state index contributed by atoms with van der Waals surface area (Å²) >= 11 is 0. The van der Waals surface area contributed by atoms with Crippen LogP contribution in [0.3, 0.4) is 0 Å². The Morgan fingerprint density at radius 1 is 1.00 bits per heavy atom. The maximum Gasteiger partial charge on any atom is 0.261 e. The van der Waals surface area contributed by atoms with Crippen molar-refractivity contribution in [1.82, 2.24) is 14.9 Å². The Morgan fingerprint density at radius 2 is 1.70 bits per heavy atom. The molecule has 1 N–H and O–H groups in total. The maximum atomic E-state index is 12.4. The van der Waals surface area contributed by atoms with Crippen LogP contribution < -0.4 is 5.32 Å². The van der Waals surface area contributed by atoms with Gasteiger partial charge in [-0.2, -0.15) is 0 Å². The van der Waals surface area contributed by atoms with Crippen LogP contribution in [0.2, 0.25) is 0 Å². The maximum absolute atomic E-state index is 12.4. The van der Waals surface area contributed by atoms with Gasteiger partial charge in [-0.25, -0.2) is 9.97 Å². The van der Waals surface area contributed by atoms with Crippen LogP contribution in [0.5, 0.6) is 0 Å². The molecule has 1 aliphatic carbocycles. The summed E-state index contributed by atoms with van der Waals surface area (Å²) in [4.78, 5) is 35.2. The summed E-state index contributed by atoms with van der Waals surface area (Å²) in [5.41, 5.74) is 3.47. The van der Waals surface area contributed by atoms with Gasteiger partial charge in [-0.3, -0.25) is 14.5 Å². The summed E-state index contributed by atoms with van der Waals surface area (Å²) < 4.78 is 0. The first-order valence-corrected chi connectivity index (χ1v) is 9.70. The molecule has 0 unspecified atom stereocenters. The lowest BCUT2D eigenvalue weighted by molar-refractivity contribution is 0.0652. The number of rotatable bonds is 6. The normalized spacial score (nSPS) is 15.7. The van der Waals surface area contributed by atoms with E-state index in [0.29, 0.717) is 17.7 Å². The van der Waals surface area contributed by atoms with Crippen molar-refractivity contribution in [3.8, 4) is 0 Å². The summed E-state index contributed by atoms with van der Waals surface area (Å²) in [5.74, 6) is 1.41.